The molecule has 0 unspecified atom stereocenters. The molecule has 2 aromatic carbocycles. The lowest BCUT2D eigenvalue weighted by Crippen LogP contribution is -2.29. The zero-order valence-electron chi connectivity index (χ0n) is 18.9. The normalized spacial score (nSPS) is 14.7. The van der Waals surface area contributed by atoms with Gasteiger partial charge in [0.2, 0.25) is 0 Å². The van der Waals surface area contributed by atoms with Crippen molar-refractivity contribution >= 4 is 16.7 Å². The van der Waals surface area contributed by atoms with Crippen LogP contribution in [0.25, 0.3) is 27.7 Å². The molecule has 1 fully saturated rings. The number of fused-ring (bicyclic) bond motifs is 1. The minimum absolute atomic E-state index is 0.286. The van der Waals surface area contributed by atoms with Crippen molar-refractivity contribution < 1.29 is 8.78 Å². The monoisotopic (exact) mass is 447 g/mol. The fourth-order valence-electron chi connectivity index (χ4n) is 4.50. The average molecular weight is 448 g/mol. The van der Waals surface area contributed by atoms with Crippen LogP contribution < -0.4 is 4.90 Å². The van der Waals surface area contributed by atoms with E-state index in [-0.39, 0.29) is 5.56 Å². The average Bonchev–Trinajstić information content (AvgIpc) is 3.25. The van der Waals surface area contributed by atoms with Crippen LogP contribution in [-0.2, 0) is 6.54 Å². The van der Waals surface area contributed by atoms with Gasteiger partial charge in [-0.15, -0.1) is 0 Å². The molecule has 1 saturated heterocycles. The number of hydrogen-bond acceptors (Lipinski definition) is 4. The van der Waals surface area contributed by atoms with E-state index in [0.717, 1.165) is 53.9 Å². The Balaban J connectivity index is 1.48. The summed E-state index contributed by atoms with van der Waals surface area (Å²) in [6.45, 7) is 2.65. The molecule has 0 amide bonds. The van der Waals surface area contributed by atoms with E-state index in [4.69, 9.17) is 0 Å². The van der Waals surface area contributed by atoms with Crippen LogP contribution in [0.4, 0.5) is 14.6 Å². The number of anilines is 1. The second-order valence-electron chi connectivity index (χ2n) is 8.87. The summed E-state index contributed by atoms with van der Waals surface area (Å²) in [5, 5.41) is 5.35. The summed E-state index contributed by atoms with van der Waals surface area (Å²) in [6.07, 6.45) is 7.07. The summed E-state index contributed by atoms with van der Waals surface area (Å²) >= 11 is 0. The van der Waals surface area contributed by atoms with Gasteiger partial charge in [0.15, 0.2) is 11.6 Å². The maximum absolute atomic E-state index is 14.8. The molecule has 7 heteroatoms. The van der Waals surface area contributed by atoms with Gasteiger partial charge >= 0.3 is 0 Å². The molecule has 5 nitrogen and oxygen atoms in total. The van der Waals surface area contributed by atoms with Gasteiger partial charge in [0.05, 0.1) is 23.6 Å². The molecular formula is C26H27F2N5. The molecule has 33 heavy (non-hydrogen) atoms. The van der Waals surface area contributed by atoms with Crippen LogP contribution in [0.1, 0.15) is 24.8 Å². The molecule has 0 spiro atoms. The summed E-state index contributed by atoms with van der Waals surface area (Å²) in [5.74, 6) is -0.755. The first kappa shape index (κ1) is 21.5. The molecule has 3 heterocycles. The minimum Gasteiger partial charge on any atom is -0.363 e. The number of benzene rings is 2. The molecule has 0 radical (unpaired) electrons. The van der Waals surface area contributed by atoms with Crippen molar-refractivity contribution in [3.05, 3.63) is 72.1 Å². The summed E-state index contributed by atoms with van der Waals surface area (Å²) in [6, 6.07) is 12.6. The number of hydrogen-bond donors (Lipinski definition) is 0. The zero-order valence-corrected chi connectivity index (χ0v) is 18.9. The van der Waals surface area contributed by atoms with E-state index in [1.807, 2.05) is 49.3 Å². The third-order valence-corrected chi connectivity index (χ3v) is 6.26. The molecule has 0 saturated carbocycles. The van der Waals surface area contributed by atoms with Crippen molar-refractivity contribution in [3.63, 3.8) is 0 Å². The predicted molar refractivity (Wildman–Crippen MR) is 128 cm³/mol. The minimum atomic E-state index is -0.812. The highest BCUT2D eigenvalue weighted by Crippen LogP contribution is 2.30. The van der Waals surface area contributed by atoms with Gasteiger partial charge in [0.1, 0.15) is 5.82 Å². The fraction of sp³-hybridized carbons (Fsp3) is 0.308. The van der Waals surface area contributed by atoms with Crippen molar-refractivity contribution in [2.24, 2.45) is 0 Å². The fourth-order valence-corrected chi connectivity index (χ4v) is 4.50. The van der Waals surface area contributed by atoms with Crippen molar-refractivity contribution in [1.29, 1.82) is 0 Å². The first-order valence-corrected chi connectivity index (χ1v) is 11.3. The number of pyridine rings is 1. The van der Waals surface area contributed by atoms with Gasteiger partial charge in [-0.2, -0.15) is 5.10 Å². The molecule has 0 atom stereocenters. The second-order valence-corrected chi connectivity index (χ2v) is 8.87. The Bertz CT molecular complexity index is 1270. The number of aromatic nitrogens is 3. The first-order chi connectivity index (χ1) is 16.0. The molecule has 2 aromatic heterocycles. The van der Waals surface area contributed by atoms with Crippen LogP contribution in [0.3, 0.4) is 0 Å². The van der Waals surface area contributed by atoms with Crippen LogP contribution in [0.2, 0.25) is 0 Å². The van der Waals surface area contributed by atoms with Gasteiger partial charge in [0, 0.05) is 31.6 Å². The maximum Gasteiger partial charge on any atom is 0.166 e. The zero-order chi connectivity index (χ0) is 22.9. The van der Waals surface area contributed by atoms with Gasteiger partial charge in [-0.25, -0.2) is 18.4 Å². The topological polar surface area (TPSA) is 37.2 Å². The highest BCUT2D eigenvalue weighted by atomic mass is 19.2. The molecule has 4 aromatic rings. The summed E-state index contributed by atoms with van der Waals surface area (Å²) in [7, 11) is 3.88. The third-order valence-electron chi connectivity index (χ3n) is 6.26. The van der Waals surface area contributed by atoms with Crippen LogP contribution >= 0.6 is 0 Å². The van der Waals surface area contributed by atoms with Gasteiger partial charge in [0.25, 0.3) is 0 Å². The summed E-state index contributed by atoms with van der Waals surface area (Å²) < 4.78 is 31.1. The first-order valence-electron chi connectivity index (χ1n) is 11.3. The lowest BCUT2D eigenvalue weighted by molar-refractivity contribution is 0.220. The van der Waals surface area contributed by atoms with Crippen LogP contribution in [0, 0.1) is 11.6 Å². The van der Waals surface area contributed by atoms with Crippen molar-refractivity contribution in [2.45, 2.75) is 25.8 Å². The van der Waals surface area contributed by atoms with Crippen molar-refractivity contribution in [2.75, 3.05) is 32.1 Å². The maximum atomic E-state index is 14.8. The van der Waals surface area contributed by atoms with Crippen LogP contribution in [0.5, 0.6) is 0 Å². The lowest BCUT2D eigenvalue weighted by atomic mass is 10.00. The smallest absolute Gasteiger partial charge is 0.166 e. The second kappa shape index (κ2) is 8.90. The van der Waals surface area contributed by atoms with E-state index < -0.39 is 11.6 Å². The number of piperidine rings is 1. The highest BCUT2D eigenvalue weighted by molar-refractivity contribution is 5.86. The Hall–Kier alpha value is -3.32. The lowest BCUT2D eigenvalue weighted by Gasteiger charge is -2.26. The van der Waals surface area contributed by atoms with E-state index in [1.165, 1.54) is 12.5 Å². The molecule has 0 N–H and O–H groups in total. The molecule has 5 rings (SSSR count). The highest BCUT2D eigenvalue weighted by Gasteiger charge is 2.17. The molecule has 1 aliphatic rings. The van der Waals surface area contributed by atoms with Crippen LogP contribution in [-0.4, -0.2) is 46.8 Å². The van der Waals surface area contributed by atoms with E-state index >= 15 is 0 Å². The van der Waals surface area contributed by atoms with E-state index in [2.05, 4.69) is 15.0 Å². The van der Waals surface area contributed by atoms with Gasteiger partial charge in [-0.3, -0.25) is 4.90 Å². The van der Waals surface area contributed by atoms with Crippen molar-refractivity contribution in [1.82, 2.24) is 19.7 Å². The Morgan fingerprint density at radius 2 is 1.76 bits per heavy atom. The molecular weight excluding hydrogens is 420 g/mol. The summed E-state index contributed by atoms with van der Waals surface area (Å²) in [5.41, 5.74) is 3.44. The number of nitrogens with zero attached hydrogens (tertiary/aromatic N) is 5. The molecule has 1 aliphatic heterocycles. The number of halogens is 2. The number of rotatable bonds is 5. The largest absolute Gasteiger partial charge is 0.363 e. The predicted octanol–water partition coefficient (Wildman–Crippen LogP) is 5.42. The standard InChI is InChI=1S/C26H27F2N5/c1-31(2)25-9-7-21(16-29-25)33-24-8-6-19(14-20(24)15-30-33)22-12-18(13-23(27)26(22)28)17-32-10-4-3-5-11-32/h6-9,12-16H,3-5,10-11,17H2,1-2H3. The van der Waals surface area contributed by atoms with Gasteiger partial charge in [-0.1, -0.05) is 12.5 Å². The van der Waals surface area contributed by atoms with Gasteiger partial charge < -0.3 is 4.90 Å². The van der Waals surface area contributed by atoms with E-state index in [1.54, 1.807) is 23.1 Å². The quantitative estimate of drug-likeness (QED) is 0.410. The SMILES string of the molecule is CN(C)c1ccc(-n2ncc3cc(-c4cc(CN5CCCCC5)cc(F)c4F)ccc32)cn1. The summed E-state index contributed by atoms with van der Waals surface area (Å²) in [4.78, 5) is 8.70. The molecule has 0 bridgehead atoms. The van der Waals surface area contributed by atoms with Crippen LogP contribution in [0.15, 0.2) is 54.9 Å². The van der Waals surface area contributed by atoms with E-state index in [0.29, 0.717) is 12.1 Å². The Morgan fingerprint density at radius 3 is 2.48 bits per heavy atom. The Kier molecular flexibility index (Phi) is 5.81. The Morgan fingerprint density at radius 1 is 0.939 bits per heavy atom. The van der Waals surface area contributed by atoms with Crippen molar-refractivity contribution in [3.8, 4) is 16.8 Å². The number of likely N-dealkylation sites (tertiary alicyclic amines) is 1. The van der Waals surface area contributed by atoms with Gasteiger partial charge in [-0.05, 0) is 73.5 Å². The third kappa shape index (κ3) is 4.33. The molecule has 170 valence electrons. The Labute approximate surface area is 192 Å². The molecule has 0 aliphatic carbocycles. The van der Waals surface area contributed by atoms with E-state index in [9.17, 15) is 8.78 Å².